The topological polar surface area (TPSA) is 55.5 Å². The Kier molecular flexibility index (Phi) is 3.16. The van der Waals surface area contributed by atoms with Gasteiger partial charge in [-0.05, 0) is 19.1 Å². The second-order valence-corrected chi connectivity index (χ2v) is 4.63. The van der Waals surface area contributed by atoms with Gasteiger partial charge in [-0.15, -0.1) is 0 Å². The van der Waals surface area contributed by atoms with Crippen LogP contribution in [0.5, 0.6) is 5.75 Å². The van der Waals surface area contributed by atoms with E-state index in [-0.39, 0.29) is 0 Å². The van der Waals surface area contributed by atoms with Crippen molar-refractivity contribution in [2.75, 3.05) is 7.11 Å². The van der Waals surface area contributed by atoms with E-state index in [0.29, 0.717) is 17.1 Å². The van der Waals surface area contributed by atoms with Crippen molar-refractivity contribution in [1.29, 1.82) is 0 Å². The summed E-state index contributed by atoms with van der Waals surface area (Å²) in [5.74, 6) is 1.33. The number of aromatic nitrogens is 1. The fourth-order valence-corrected chi connectivity index (χ4v) is 2.39. The molecule has 1 atom stereocenters. The normalized spacial score (nSPS) is 12.6. The van der Waals surface area contributed by atoms with Crippen LogP contribution >= 0.6 is 0 Å². The molecule has 0 radical (unpaired) electrons. The van der Waals surface area contributed by atoms with Crippen LogP contribution in [-0.2, 0) is 0 Å². The minimum Gasteiger partial charge on any atom is -0.495 e. The molecule has 1 N–H and O–H groups in total. The second kappa shape index (κ2) is 4.98. The van der Waals surface area contributed by atoms with Gasteiger partial charge >= 0.3 is 0 Å². The maximum Gasteiger partial charge on any atom is 0.137 e. The minimum absolute atomic E-state index is 0.618. The van der Waals surface area contributed by atoms with E-state index in [1.165, 1.54) is 0 Å². The van der Waals surface area contributed by atoms with Crippen molar-refractivity contribution in [3.8, 4) is 5.75 Å². The molecule has 0 fully saturated rings. The van der Waals surface area contributed by atoms with Gasteiger partial charge in [0.25, 0.3) is 0 Å². The van der Waals surface area contributed by atoms with Gasteiger partial charge < -0.3 is 14.3 Å². The predicted molar refractivity (Wildman–Crippen MR) is 75.8 cm³/mol. The van der Waals surface area contributed by atoms with Crippen molar-refractivity contribution in [1.82, 2.24) is 4.98 Å². The number of para-hydroxylation sites is 1. The fourth-order valence-electron chi connectivity index (χ4n) is 2.39. The number of aliphatic hydroxyl groups excluding tert-OH is 1. The first-order valence-corrected chi connectivity index (χ1v) is 6.35. The van der Waals surface area contributed by atoms with Crippen LogP contribution < -0.4 is 4.74 Å². The lowest BCUT2D eigenvalue weighted by molar-refractivity contribution is 0.218. The zero-order chi connectivity index (χ0) is 14.1. The molecule has 2 heterocycles. The molecule has 102 valence electrons. The molecule has 0 spiro atoms. The molecule has 4 heteroatoms. The third kappa shape index (κ3) is 2.04. The lowest BCUT2D eigenvalue weighted by Gasteiger charge is -2.11. The molecule has 3 rings (SSSR count). The highest BCUT2D eigenvalue weighted by Gasteiger charge is 2.20. The van der Waals surface area contributed by atoms with Crippen molar-refractivity contribution in [2.24, 2.45) is 0 Å². The number of hydrogen-bond donors (Lipinski definition) is 1. The summed E-state index contributed by atoms with van der Waals surface area (Å²) in [5, 5.41) is 11.5. The third-order valence-corrected chi connectivity index (χ3v) is 3.38. The van der Waals surface area contributed by atoms with E-state index in [4.69, 9.17) is 9.15 Å². The van der Waals surface area contributed by atoms with Gasteiger partial charge in [0.2, 0.25) is 0 Å². The smallest absolute Gasteiger partial charge is 0.137 e. The van der Waals surface area contributed by atoms with Gasteiger partial charge in [-0.3, -0.25) is 4.98 Å². The summed E-state index contributed by atoms with van der Waals surface area (Å²) in [4.78, 5) is 4.08. The Bertz CT molecular complexity index is 748. The summed E-state index contributed by atoms with van der Waals surface area (Å²) in [6, 6.07) is 9.45. The number of rotatable bonds is 3. The molecular weight excluding hydrogens is 254 g/mol. The molecule has 1 unspecified atom stereocenters. The second-order valence-electron chi connectivity index (χ2n) is 4.63. The summed E-state index contributed by atoms with van der Waals surface area (Å²) in [6.07, 6.45) is 2.45. The van der Waals surface area contributed by atoms with Crippen molar-refractivity contribution >= 4 is 11.0 Å². The highest BCUT2D eigenvalue weighted by atomic mass is 16.5. The molecule has 0 bridgehead atoms. The van der Waals surface area contributed by atoms with E-state index < -0.39 is 6.10 Å². The minimum atomic E-state index is -0.791. The van der Waals surface area contributed by atoms with Crippen LogP contribution in [-0.4, -0.2) is 17.2 Å². The van der Waals surface area contributed by atoms with Crippen molar-refractivity contribution in [2.45, 2.75) is 13.0 Å². The molecule has 0 saturated carbocycles. The average molecular weight is 269 g/mol. The molecule has 3 aromatic rings. The first kappa shape index (κ1) is 12.7. The predicted octanol–water partition coefficient (Wildman–Crippen LogP) is 3.23. The van der Waals surface area contributed by atoms with E-state index >= 15 is 0 Å². The molecule has 0 aliphatic carbocycles. The SMILES string of the molecule is COc1cncc(C(O)c2c(C)oc3ccccc23)c1. The zero-order valence-corrected chi connectivity index (χ0v) is 11.3. The number of pyridine rings is 1. The Morgan fingerprint density at radius 3 is 2.85 bits per heavy atom. The van der Waals surface area contributed by atoms with Gasteiger partial charge in [-0.25, -0.2) is 0 Å². The Hall–Kier alpha value is -2.33. The first-order valence-electron chi connectivity index (χ1n) is 6.35. The number of benzene rings is 1. The molecule has 0 aliphatic heterocycles. The van der Waals surface area contributed by atoms with Gasteiger partial charge in [0, 0.05) is 22.7 Å². The van der Waals surface area contributed by atoms with Crippen LogP contribution in [0.4, 0.5) is 0 Å². The summed E-state index contributed by atoms with van der Waals surface area (Å²) in [5.41, 5.74) is 2.23. The molecule has 2 aromatic heterocycles. The number of aryl methyl sites for hydroxylation is 1. The summed E-state index contributed by atoms with van der Waals surface area (Å²) in [7, 11) is 1.58. The van der Waals surface area contributed by atoms with E-state index in [9.17, 15) is 5.11 Å². The van der Waals surface area contributed by atoms with Gasteiger partial charge in [-0.2, -0.15) is 0 Å². The summed E-state index contributed by atoms with van der Waals surface area (Å²) in [6.45, 7) is 1.85. The van der Waals surface area contributed by atoms with Crippen LogP contribution in [0.25, 0.3) is 11.0 Å². The van der Waals surface area contributed by atoms with Gasteiger partial charge in [-0.1, -0.05) is 18.2 Å². The van der Waals surface area contributed by atoms with Crippen LogP contribution in [0.1, 0.15) is 23.0 Å². The quantitative estimate of drug-likeness (QED) is 0.793. The summed E-state index contributed by atoms with van der Waals surface area (Å²) >= 11 is 0. The lowest BCUT2D eigenvalue weighted by Crippen LogP contribution is -2.01. The first-order chi connectivity index (χ1) is 9.70. The Morgan fingerprint density at radius 1 is 1.25 bits per heavy atom. The van der Waals surface area contributed by atoms with Gasteiger partial charge in [0.05, 0.1) is 13.3 Å². The number of furan rings is 1. The molecular formula is C16H15NO3. The lowest BCUT2D eigenvalue weighted by atomic mass is 10.00. The van der Waals surface area contributed by atoms with E-state index in [2.05, 4.69) is 4.98 Å². The van der Waals surface area contributed by atoms with E-state index in [1.807, 2.05) is 31.2 Å². The number of methoxy groups -OCH3 is 1. The number of aliphatic hydroxyl groups is 1. The average Bonchev–Trinajstić information content (AvgIpc) is 2.82. The highest BCUT2D eigenvalue weighted by Crippen LogP contribution is 2.34. The molecule has 20 heavy (non-hydrogen) atoms. The summed E-state index contributed by atoms with van der Waals surface area (Å²) < 4.78 is 10.8. The monoisotopic (exact) mass is 269 g/mol. The molecule has 1 aromatic carbocycles. The molecule has 0 saturated heterocycles. The molecule has 4 nitrogen and oxygen atoms in total. The maximum atomic E-state index is 10.6. The Labute approximate surface area is 116 Å². The van der Waals surface area contributed by atoms with Crippen LogP contribution in [0.3, 0.4) is 0 Å². The van der Waals surface area contributed by atoms with E-state index in [1.54, 1.807) is 25.6 Å². The number of hydrogen-bond acceptors (Lipinski definition) is 4. The number of fused-ring (bicyclic) bond motifs is 1. The van der Waals surface area contributed by atoms with Crippen LogP contribution in [0.2, 0.25) is 0 Å². The standard InChI is InChI=1S/C16H15NO3/c1-10-15(13-5-3-4-6-14(13)20-10)16(18)11-7-12(19-2)9-17-8-11/h3-9,16,18H,1-2H3. The van der Waals surface area contributed by atoms with Crippen molar-refractivity contribution < 1.29 is 14.3 Å². The number of ether oxygens (including phenoxy) is 1. The molecule has 0 amide bonds. The van der Waals surface area contributed by atoms with Crippen molar-refractivity contribution in [3.05, 3.63) is 59.6 Å². The highest BCUT2D eigenvalue weighted by molar-refractivity contribution is 5.83. The Morgan fingerprint density at radius 2 is 2.05 bits per heavy atom. The van der Waals surface area contributed by atoms with Crippen LogP contribution in [0, 0.1) is 6.92 Å². The largest absolute Gasteiger partial charge is 0.495 e. The van der Waals surface area contributed by atoms with Crippen molar-refractivity contribution in [3.63, 3.8) is 0 Å². The zero-order valence-electron chi connectivity index (χ0n) is 11.3. The maximum absolute atomic E-state index is 10.6. The Balaban J connectivity index is 2.12. The van der Waals surface area contributed by atoms with Crippen LogP contribution in [0.15, 0.2) is 47.1 Å². The van der Waals surface area contributed by atoms with Gasteiger partial charge in [0.15, 0.2) is 0 Å². The van der Waals surface area contributed by atoms with E-state index in [0.717, 1.165) is 16.5 Å². The number of nitrogens with zero attached hydrogens (tertiary/aromatic N) is 1. The van der Waals surface area contributed by atoms with Gasteiger partial charge in [0.1, 0.15) is 23.2 Å². The third-order valence-electron chi connectivity index (χ3n) is 3.38. The fraction of sp³-hybridized carbons (Fsp3) is 0.188. The molecule has 0 aliphatic rings.